The molecule has 0 fully saturated rings. The summed E-state index contributed by atoms with van der Waals surface area (Å²) in [5.41, 5.74) is 3.41. The highest BCUT2D eigenvalue weighted by Gasteiger charge is 2.24. The van der Waals surface area contributed by atoms with Crippen molar-refractivity contribution in [2.75, 3.05) is 0 Å². The molecular weight excluding hydrogens is 284 g/mol. The Kier molecular flexibility index (Phi) is 3.95. The molecule has 1 aromatic rings. The molecule has 2 nitrogen and oxygen atoms in total. The first-order valence-electron chi connectivity index (χ1n) is 13.2. The zero-order valence-corrected chi connectivity index (χ0v) is 15.2. The van der Waals surface area contributed by atoms with Gasteiger partial charge >= 0.3 is 0 Å². The van der Waals surface area contributed by atoms with E-state index in [-0.39, 0.29) is 10.8 Å². The van der Waals surface area contributed by atoms with Crippen LogP contribution >= 0.6 is 0 Å². The maximum atomic E-state index is 11.0. The maximum Gasteiger partial charge on any atom is 0.150 e. The molecule has 0 radical (unpaired) electrons. The van der Waals surface area contributed by atoms with Crippen LogP contribution in [0.15, 0.2) is 35.4 Å². The quantitative estimate of drug-likeness (QED) is 0.580. The lowest BCUT2D eigenvalue weighted by atomic mass is 9.84. The van der Waals surface area contributed by atoms with Gasteiger partial charge in [0, 0.05) is 17.4 Å². The van der Waals surface area contributed by atoms with Crippen LogP contribution in [0.5, 0.6) is 0 Å². The van der Waals surface area contributed by atoms with E-state index in [4.69, 9.17) is 14.6 Å². The molecule has 23 heavy (non-hydrogen) atoms. The molecular formula is C21H38O2. The lowest BCUT2D eigenvalue weighted by molar-refractivity contribution is -0.105. The second kappa shape index (κ2) is 7.72. The average Bonchev–Trinajstić information content (AvgIpc) is 3.30. The van der Waals surface area contributed by atoms with Crippen molar-refractivity contribution in [2.24, 2.45) is 5.41 Å². The Bertz CT molecular complexity index is 693. The van der Waals surface area contributed by atoms with E-state index >= 15 is 0 Å². The summed E-state index contributed by atoms with van der Waals surface area (Å²) in [6.45, 7) is 12.4. The van der Waals surface area contributed by atoms with Crippen LogP contribution in [-0.2, 0) is 10.2 Å². The summed E-state index contributed by atoms with van der Waals surface area (Å²) in [6.07, 6.45) is 1.79. The van der Waals surface area contributed by atoms with E-state index in [0.29, 0.717) is 5.56 Å². The molecule has 0 spiro atoms. The standard InChI is InChI=1S/C11H14O.C10H16O.4H2/c1-11(2,3)10-7-5-4-6-9(10)8-12;1-10(2,3)9-6-4-5-8(9)7-11;;;;/h4-8H,1-3H3;7H,4-6H2,1-3H3;4*1H/i8D;7D;4*1+1D. The number of aldehydes is 2. The van der Waals surface area contributed by atoms with Crippen LogP contribution in [0.4, 0.5) is 0 Å². The van der Waals surface area contributed by atoms with E-state index < -0.39 is 12.5 Å². The summed E-state index contributed by atoms with van der Waals surface area (Å²) < 4.78 is 54.2. The minimum atomic E-state index is -0.606. The molecule has 0 aliphatic heterocycles. The summed E-state index contributed by atoms with van der Waals surface area (Å²) in [4.78, 5) is 21.9. The molecule has 1 aromatic carbocycles. The topological polar surface area (TPSA) is 34.1 Å². The van der Waals surface area contributed by atoms with Gasteiger partial charge in [-0.1, -0.05) is 71.4 Å². The molecule has 0 atom stereocenters. The van der Waals surface area contributed by atoms with E-state index in [1.807, 2.05) is 32.9 Å². The molecule has 1 aliphatic rings. The summed E-state index contributed by atoms with van der Waals surface area (Å²) in [5, 5.41) is 0. The highest BCUT2D eigenvalue weighted by Crippen LogP contribution is 2.37. The third-order valence-electron chi connectivity index (χ3n) is 4.09. The van der Waals surface area contributed by atoms with Crippen LogP contribution in [0.2, 0.25) is 0 Å². The van der Waals surface area contributed by atoms with Crippen molar-refractivity contribution < 1.29 is 24.2 Å². The third kappa shape index (κ3) is 5.46. The average molecular weight is 333 g/mol. The molecule has 0 saturated carbocycles. The number of rotatable bonds is 2. The molecule has 2 rings (SSSR count). The van der Waals surface area contributed by atoms with Crippen molar-refractivity contribution in [1.82, 2.24) is 0 Å². The molecule has 134 valence electrons. The van der Waals surface area contributed by atoms with Gasteiger partial charge in [0.25, 0.3) is 0 Å². The van der Waals surface area contributed by atoms with E-state index in [9.17, 15) is 9.59 Å². The van der Waals surface area contributed by atoms with Gasteiger partial charge in [0.1, 0.15) is 15.3 Å². The number of benzene rings is 1. The largest absolute Gasteiger partial charge is 0.298 e. The second-order valence-electron chi connectivity index (χ2n) is 8.06. The maximum absolute atomic E-state index is 11.0. The van der Waals surface area contributed by atoms with Gasteiger partial charge in [-0.3, -0.25) is 9.59 Å². The third-order valence-corrected chi connectivity index (χ3v) is 4.09. The Hall–Kier alpha value is -1.70. The Labute approximate surface area is 156 Å². The van der Waals surface area contributed by atoms with Gasteiger partial charge in [-0.2, -0.15) is 0 Å². The smallest absolute Gasteiger partial charge is 0.150 e. The Morgan fingerprint density at radius 3 is 2.00 bits per heavy atom. The van der Waals surface area contributed by atoms with Crippen molar-refractivity contribution in [2.45, 2.75) is 66.2 Å². The van der Waals surface area contributed by atoms with Gasteiger partial charge in [-0.25, -0.2) is 0 Å². The van der Waals surface area contributed by atoms with Crippen LogP contribution in [0.3, 0.4) is 0 Å². The summed E-state index contributed by atoms with van der Waals surface area (Å²) in [5.74, 6) is 0. The highest BCUT2D eigenvalue weighted by atomic mass is 16.1. The van der Waals surface area contributed by atoms with Crippen LogP contribution < -0.4 is 0 Å². The van der Waals surface area contributed by atoms with Crippen molar-refractivity contribution in [3.8, 4) is 0 Å². The first-order chi connectivity index (χ1) is 15.4. The summed E-state index contributed by atoms with van der Waals surface area (Å²) in [7, 11) is 0. The highest BCUT2D eigenvalue weighted by molar-refractivity contribution is 5.77. The molecule has 0 aromatic heterocycles. The molecule has 0 amide bonds. The predicted octanol–water partition coefficient (Wildman–Crippen LogP) is 6.49. The van der Waals surface area contributed by atoms with Gasteiger partial charge in [-0.05, 0) is 41.2 Å². The molecule has 1 aliphatic carbocycles. The number of hydrogen-bond acceptors (Lipinski definition) is 2. The van der Waals surface area contributed by atoms with E-state index in [1.54, 1.807) is 12.1 Å². The number of carbonyl (C=O) groups is 2. The van der Waals surface area contributed by atoms with Gasteiger partial charge in [0.15, 0.2) is 0 Å². The summed E-state index contributed by atoms with van der Waals surface area (Å²) in [6, 6.07) is 7.29. The normalized spacial score (nSPS) is 17.7. The zero-order valence-electron chi connectivity index (χ0n) is 25.2. The van der Waals surface area contributed by atoms with Crippen molar-refractivity contribution in [3.05, 3.63) is 46.5 Å². The van der Waals surface area contributed by atoms with Crippen LogP contribution in [-0.4, -0.2) is 12.5 Å². The molecule has 0 bridgehead atoms. The molecule has 0 N–H and O–H groups in total. The van der Waals surface area contributed by atoms with E-state index in [2.05, 4.69) is 20.8 Å². The van der Waals surface area contributed by atoms with E-state index in [0.717, 1.165) is 30.4 Å². The van der Waals surface area contributed by atoms with Crippen LogP contribution in [0, 0.1) is 5.41 Å². The number of carbonyl (C=O) groups excluding carboxylic acids is 2. The fourth-order valence-electron chi connectivity index (χ4n) is 2.91. The monoisotopic (exact) mass is 332 g/mol. The van der Waals surface area contributed by atoms with Gasteiger partial charge in [-0.15, -0.1) is 0 Å². The summed E-state index contributed by atoms with van der Waals surface area (Å²) >= 11 is 0. The number of allylic oxidation sites excluding steroid dienone is 2. The van der Waals surface area contributed by atoms with Crippen molar-refractivity contribution >= 4 is 12.5 Å². The van der Waals surface area contributed by atoms with Gasteiger partial charge < -0.3 is 0 Å². The fraction of sp³-hybridized carbons (Fsp3) is 0.524. The van der Waals surface area contributed by atoms with Crippen molar-refractivity contribution in [3.63, 3.8) is 0 Å². The van der Waals surface area contributed by atoms with Crippen LogP contribution in [0.1, 0.15) is 91.3 Å². The second-order valence-corrected chi connectivity index (χ2v) is 8.06. The van der Waals surface area contributed by atoms with E-state index in [1.165, 1.54) is 5.57 Å². The Morgan fingerprint density at radius 1 is 1.00 bits per heavy atom. The molecule has 0 unspecified atom stereocenters. The molecule has 2 heteroatoms. The first-order valence-corrected chi connectivity index (χ1v) is 8.19. The predicted molar refractivity (Wildman–Crippen MR) is 105 cm³/mol. The fourth-order valence-corrected chi connectivity index (χ4v) is 2.91. The number of hydrogen-bond donors (Lipinski definition) is 0. The van der Waals surface area contributed by atoms with Crippen molar-refractivity contribution in [1.29, 1.82) is 0 Å². The van der Waals surface area contributed by atoms with Crippen LogP contribution in [0.25, 0.3) is 0 Å². The van der Waals surface area contributed by atoms with Gasteiger partial charge in [0.2, 0.25) is 0 Å². The van der Waals surface area contributed by atoms with Gasteiger partial charge in [0.05, 0.1) is 0 Å². The Balaban J connectivity index is -0.000000196. The minimum Gasteiger partial charge on any atom is -0.298 e. The lowest BCUT2D eigenvalue weighted by Gasteiger charge is -2.21. The SMILES string of the molecule is [2H]C(=O)C1=C(C(C)(C)C)CCC1.[2H]C(=O)c1ccccc1C(C)(C)C.[2H][2H].[2H][2H].[2H][2H].[2H][2H]. The lowest BCUT2D eigenvalue weighted by Crippen LogP contribution is -2.13. The minimum absolute atomic E-state index is 0.0720. The zero-order chi connectivity index (χ0) is 27.4. The molecule has 0 heterocycles. The molecule has 0 saturated heterocycles. The first kappa shape index (κ1) is 11.8. The Morgan fingerprint density at radius 2 is 1.61 bits per heavy atom.